The van der Waals surface area contributed by atoms with Gasteiger partial charge in [-0.3, -0.25) is 9.97 Å². The Bertz CT molecular complexity index is 1010. The molecule has 1 aliphatic heterocycles. The third-order valence-corrected chi connectivity index (χ3v) is 4.65. The molecule has 3 aromatic rings. The van der Waals surface area contributed by atoms with Gasteiger partial charge in [-0.1, -0.05) is 12.1 Å². The van der Waals surface area contributed by atoms with E-state index in [0.29, 0.717) is 16.7 Å². The van der Waals surface area contributed by atoms with Crippen LogP contribution in [0, 0.1) is 11.6 Å². The van der Waals surface area contributed by atoms with Crippen LogP contribution in [-0.2, 0) is 10.3 Å². The van der Waals surface area contributed by atoms with E-state index in [0.717, 1.165) is 0 Å². The van der Waals surface area contributed by atoms with Crippen LogP contribution in [0.25, 0.3) is 11.3 Å². The SMILES string of the molecule is C[C@@]1(c2cncc(-c3ncccc3F)c2)NC(=O)O[C@H]1c1ccc(F)cc1. The first-order chi connectivity index (χ1) is 13.0. The molecule has 1 N–H and O–H groups in total. The fourth-order valence-corrected chi connectivity index (χ4v) is 3.25. The summed E-state index contributed by atoms with van der Waals surface area (Å²) in [6, 6.07) is 10.3. The average Bonchev–Trinajstić information content (AvgIpc) is 2.98. The van der Waals surface area contributed by atoms with Gasteiger partial charge in [0.15, 0.2) is 6.10 Å². The highest BCUT2D eigenvalue weighted by Crippen LogP contribution is 2.42. The van der Waals surface area contributed by atoms with E-state index >= 15 is 0 Å². The van der Waals surface area contributed by atoms with Gasteiger partial charge in [-0.25, -0.2) is 13.6 Å². The van der Waals surface area contributed by atoms with Gasteiger partial charge in [-0.2, -0.15) is 0 Å². The summed E-state index contributed by atoms with van der Waals surface area (Å²) in [6.45, 7) is 1.78. The van der Waals surface area contributed by atoms with Crippen molar-refractivity contribution in [1.82, 2.24) is 15.3 Å². The standard InChI is InChI=1S/C20H15F2N3O2/c1-20(18(27-19(26)25-20)12-4-6-15(21)7-5-12)14-9-13(10-23-11-14)17-16(22)3-2-8-24-17/h2-11,18H,1H3,(H,25,26)/t18-,20-/m0/s1. The number of hydrogen-bond donors (Lipinski definition) is 1. The molecule has 7 heteroatoms. The number of pyridine rings is 2. The summed E-state index contributed by atoms with van der Waals surface area (Å²) in [7, 11) is 0. The molecular formula is C20H15F2N3O2. The summed E-state index contributed by atoms with van der Waals surface area (Å²) < 4.78 is 32.8. The number of alkyl carbamates (subject to hydrolysis) is 1. The maximum atomic E-state index is 14.1. The summed E-state index contributed by atoms with van der Waals surface area (Å²) in [5, 5.41) is 2.79. The first-order valence-corrected chi connectivity index (χ1v) is 8.28. The largest absolute Gasteiger partial charge is 0.438 e. The summed E-state index contributed by atoms with van der Waals surface area (Å²) in [5.41, 5.74) is 0.921. The number of nitrogens with zero attached hydrogens (tertiary/aromatic N) is 2. The second-order valence-corrected chi connectivity index (χ2v) is 6.46. The fourth-order valence-electron chi connectivity index (χ4n) is 3.25. The lowest BCUT2D eigenvalue weighted by Gasteiger charge is -2.29. The molecule has 0 saturated carbocycles. The second kappa shape index (κ2) is 6.42. The number of aromatic nitrogens is 2. The van der Waals surface area contributed by atoms with Gasteiger partial charge in [0.1, 0.15) is 22.9 Å². The highest BCUT2D eigenvalue weighted by Gasteiger charge is 2.47. The zero-order chi connectivity index (χ0) is 19.0. The normalized spacial score (nSPS) is 21.6. The molecule has 0 unspecified atom stereocenters. The lowest BCUT2D eigenvalue weighted by molar-refractivity contribution is 0.112. The zero-order valence-electron chi connectivity index (χ0n) is 14.3. The van der Waals surface area contributed by atoms with Crippen LogP contribution >= 0.6 is 0 Å². The van der Waals surface area contributed by atoms with Crippen LogP contribution in [0.5, 0.6) is 0 Å². The molecular weight excluding hydrogens is 352 g/mol. The van der Waals surface area contributed by atoms with Crippen LogP contribution in [0.15, 0.2) is 61.1 Å². The van der Waals surface area contributed by atoms with Crippen molar-refractivity contribution in [3.63, 3.8) is 0 Å². The summed E-state index contributed by atoms with van der Waals surface area (Å²) >= 11 is 0. The highest BCUT2D eigenvalue weighted by atomic mass is 19.1. The number of halogens is 2. The number of carbonyl (C=O) groups is 1. The Balaban J connectivity index is 1.78. The molecule has 5 nitrogen and oxygen atoms in total. The van der Waals surface area contributed by atoms with Crippen molar-refractivity contribution >= 4 is 6.09 Å². The number of amides is 1. The molecule has 2 atom stereocenters. The molecule has 0 spiro atoms. The molecule has 136 valence electrons. The molecule has 4 rings (SSSR count). The van der Waals surface area contributed by atoms with Crippen molar-refractivity contribution in [2.24, 2.45) is 0 Å². The van der Waals surface area contributed by atoms with Gasteiger partial charge in [0.05, 0.1) is 0 Å². The topological polar surface area (TPSA) is 64.1 Å². The minimum absolute atomic E-state index is 0.166. The van der Waals surface area contributed by atoms with E-state index in [-0.39, 0.29) is 11.5 Å². The fraction of sp³-hybridized carbons (Fsp3) is 0.150. The average molecular weight is 367 g/mol. The molecule has 1 saturated heterocycles. The number of cyclic esters (lactones) is 1. The van der Waals surface area contributed by atoms with Crippen molar-refractivity contribution < 1.29 is 18.3 Å². The number of nitrogens with one attached hydrogen (secondary N) is 1. The van der Waals surface area contributed by atoms with E-state index in [4.69, 9.17) is 4.74 Å². The molecule has 0 bridgehead atoms. The monoisotopic (exact) mass is 367 g/mol. The maximum Gasteiger partial charge on any atom is 0.408 e. The van der Waals surface area contributed by atoms with Gasteiger partial charge in [0.25, 0.3) is 0 Å². The predicted octanol–water partition coefficient (Wildman–Crippen LogP) is 4.12. The first-order valence-electron chi connectivity index (χ1n) is 8.28. The minimum atomic E-state index is -0.969. The van der Waals surface area contributed by atoms with Crippen LogP contribution < -0.4 is 5.32 Å². The van der Waals surface area contributed by atoms with Gasteiger partial charge in [0.2, 0.25) is 0 Å². The highest BCUT2D eigenvalue weighted by molar-refractivity contribution is 5.73. The van der Waals surface area contributed by atoms with Crippen molar-refractivity contribution in [2.45, 2.75) is 18.6 Å². The van der Waals surface area contributed by atoms with E-state index in [9.17, 15) is 13.6 Å². The van der Waals surface area contributed by atoms with Gasteiger partial charge in [-0.05, 0) is 42.8 Å². The number of rotatable bonds is 3. The van der Waals surface area contributed by atoms with Crippen LogP contribution in [-0.4, -0.2) is 16.1 Å². The smallest absolute Gasteiger partial charge is 0.408 e. The van der Waals surface area contributed by atoms with E-state index in [1.54, 1.807) is 31.3 Å². The van der Waals surface area contributed by atoms with Crippen LogP contribution in [0.4, 0.5) is 13.6 Å². The molecule has 1 aromatic carbocycles. The van der Waals surface area contributed by atoms with Crippen molar-refractivity contribution in [3.8, 4) is 11.3 Å². The first kappa shape index (κ1) is 17.1. The lowest BCUT2D eigenvalue weighted by Crippen LogP contribution is -2.39. The Hall–Kier alpha value is -3.35. The summed E-state index contributed by atoms with van der Waals surface area (Å²) in [6.07, 6.45) is 3.28. The Morgan fingerprint density at radius 3 is 2.67 bits per heavy atom. The zero-order valence-corrected chi connectivity index (χ0v) is 14.3. The molecule has 0 aliphatic carbocycles. The number of hydrogen-bond acceptors (Lipinski definition) is 4. The van der Waals surface area contributed by atoms with Gasteiger partial charge in [-0.15, -0.1) is 0 Å². The van der Waals surface area contributed by atoms with Crippen LogP contribution in [0.3, 0.4) is 0 Å². The van der Waals surface area contributed by atoms with Gasteiger partial charge < -0.3 is 10.1 Å². The lowest BCUT2D eigenvalue weighted by atomic mass is 9.84. The van der Waals surface area contributed by atoms with Gasteiger partial charge >= 0.3 is 6.09 Å². The second-order valence-electron chi connectivity index (χ2n) is 6.46. The Morgan fingerprint density at radius 2 is 1.93 bits per heavy atom. The number of ether oxygens (including phenoxy) is 1. The summed E-state index contributed by atoms with van der Waals surface area (Å²) in [4.78, 5) is 20.2. The van der Waals surface area contributed by atoms with Gasteiger partial charge in [0, 0.05) is 29.7 Å². The Labute approximate surface area is 154 Å². The minimum Gasteiger partial charge on any atom is -0.438 e. The van der Waals surface area contributed by atoms with Crippen molar-refractivity contribution in [2.75, 3.05) is 0 Å². The molecule has 3 heterocycles. The third-order valence-electron chi connectivity index (χ3n) is 4.65. The van der Waals surface area contributed by atoms with Crippen molar-refractivity contribution in [1.29, 1.82) is 0 Å². The molecule has 0 radical (unpaired) electrons. The van der Waals surface area contributed by atoms with E-state index < -0.39 is 23.6 Å². The third kappa shape index (κ3) is 3.01. The molecule has 27 heavy (non-hydrogen) atoms. The quantitative estimate of drug-likeness (QED) is 0.756. The number of benzene rings is 1. The Kier molecular flexibility index (Phi) is 4.07. The molecule has 1 aliphatic rings. The van der Waals surface area contributed by atoms with E-state index in [1.807, 2.05) is 0 Å². The number of carbonyl (C=O) groups excluding carboxylic acids is 1. The summed E-state index contributed by atoms with van der Waals surface area (Å²) in [5.74, 6) is -0.851. The predicted molar refractivity (Wildman–Crippen MR) is 93.5 cm³/mol. The van der Waals surface area contributed by atoms with Crippen LogP contribution in [0.2, 0.25) is 0 Å². The molecule has 2 aromatic heterocycles. The Morgan fingerprint density at radius 1 is 1.15 bits per heavy atom. The molecule has 1 fully saturated rings. The van der Waals surface area contributed by atoms with Crippen molar-refractivity contribution in [3.05, 3.63) is 83.8 Å². The van der Waals surface area contributed by atoms with E-state index in [2.05, 4.69) is 15.3 Å². The van der Waals surface area contributed by atoms with Crippen LogP contribution in [0.1, 0.15) is 24.2 Å². The maximum absolute atomic E-state index is 14.1. The van der Waals surface area contributed by atoms with E-state index in [1.165, 1.54) is 36.7 Å². The molecule has 1 amide bonds.